The van der Waals surface area contributed by atoms with Gasteiger partial charge in [0, 0.05) is 36.7 Å². The lowest BCUT2D eigenvalue weighted by molar-refractivity contribution is -0.143. The summed E-state index contributed by atoms with van der Waals surface area (Å²) < 4.78 is 20.5. The Bertz CT molecular complexity index is 1260. The zero-order chi connectivity index (χ0) is 26.1. The number of benzene rings is 2. The van der Waals surface area contributed by atoms with Crippen LogP contribution < -0.4 is 0 Å². The monoisotopic (exact) mass is 505 g/mol. The molecule has 2 aromatic carbocycles. The number of ether oxygens (including phenoxy) is 1. The molecule has 1 aliphatic carbocycles. The average molecular weight is 506 g/mol. The maximum atomic E-state index is 13.5. The number of carboxylic acid groups (broad SMARTS) is 1. The van der Waals surface area contributed by atoms with Gasteiger partial charge in [-0.3, -0.25) is 4.79 Å². The maximum absolute atomic E-state index is 13.5. The summed E-state index contributed by atoms with van der Waals surface area (Å²) in [6.07, 6.45) is 4.78. The fourth-order valence-electron chi connectivity index (χ4n) is 5.41. The molecule has 0 bridgehead atoms. The van der Waals surface area contributed by atoms with Gasteiger partial charge in [-0.2, -0.15) is 5.10 Å². The van der Waals surface area contributed by atoms with E-state index in [4.69, 9.17) is 9.84 Å². The molecule has 0 radical (unpaired) electrons. The van der Waals surface area contributed by atoms with Crippen molar-refractivity contribution in [1.29, 1.82) is 0 Å². The highest BCUT2D eigenvalue weighted by molar-refractivity contribution is 5.74. The molecule has 2 heterocycles. The van der Waals surface area contributed by atoms with Gasteiger partial charge in [-0.25, -0.2) is 13.9 Å². The lowest BCUT2D eigenvalue weighted by Gasteiger charge is -2.39. The van der Waals surface area contributed by atoms with E-state index < -0.39 is 11.9 Å². The number of aromatic nitrogens is 2. The van der Waals surface area contributed by atoms with Crippen LogP contribution in [-0.2, 0) is 9.53 Å². The SMILES string of the molecule is CC(C)OC(=O)N1CC(c2ccc(-c3cn(-c4ccc(F)cc4)nc3[C@@H]3CCCC[C@H]3C(=O)O)cc2)C1. The van der Waals surface area contributed by atoms with Crippen LogP contribution >= 0.6 is 0 Å². The molecule has 0 spiro atoms. The molecule has 1 N–H and O–H groups in total. The molecule has 3 aromatic rings. The van der Waals surface area contributed by atoms with Crippen LogP contribution in [0.4, 0.5) is 9.18 Å². The first-order chi connectivity index (χ1) is 17.8. The van der Waals surface area contributed by atoms with Crippen molar-refractivity contribution in [3.63, 3.8) is 0 Å². The Labute approximate surface area is 215 Å². The summed E-state index contributed by atoms with van der Waals surface area (Å²) in [6.45, 7) is 4.93. The maximum Gasteiger partial charge on any atom is 0.410 e. The van der Waals surface area contributed by atoms with E-state index in [9.17, 15) is 19.1 Å². The summed E-state index contributed by atoms with van der Waals surface area (Å²) in [5, 5.41) is 14.8. The normalized spacial score (nSPS) is 20.1. The third-order valence-corrected chi connectivity index (χ3v) is 7.44. The van der Waals surface area contributed by atoms with Crippen molar-refractivity contribution in [2.24, 2.45) is 5.92 Å². The zero-order valence-corrected chi connectivity index (χ0v) is 21.1. The number of hydrogen-bond donors (Lipinski definition) is 1. The van der Waals surface area contributed by atoms with E-state index in [1.165, 1.54) is 12.1 Å². The Kier molecular flexibility index (Phi) is 7.00. The number of carboxylic acids is 1. The molecule has 7 nitrogen and oxygen atoms in total. The van der Waals surface area contributed by atoms with Gasteiger partial charge in [0.15, 0.2) is 0 Å². The lowest BCUT2D eigenvalue weighted by atomic mass is 9.76. The number of hydrogen-bond acceptors (Lipinski definition) is 4. The molecular weight excluding hydrogens is 473 g/mol. The van der Waals surface area contributed by atoms with E-state index >= 15 is 0 Å². The van der Waals surface area contributed by atoms with Crippen molar-refractivity contribution in [2.75, 3.05) is 13.1 Å². The van der Waals surface area contributed by atoms with Crippen LogP contribution in [0.3, 0.4) is 0 Å². The Morgan fingerprint density at radius 3 is 2.35 bits per heavy atom. The van der Waals surface area contributed by atoms with Crippen LogP contribution in [0.15, 0.2) is 54.7 Å². The highest BCUT2D eigenvalue weighted by Gasteiger charge is 2.36. The van der Waals surface area contributed by atoms with E-state index in [2.05, 4.69) is 12.1 Å². The number of rotatable bonds is 6. The van der Waals surface area contributed by atoms with Crippen molar-refractivity contribution in [1.82, 2.24) is 14.7 Å². The minimum absolute atomic E-state index is 0.138. The number of aliphatic carboxylic acids is 1. The number of carbonyl (C=O) groups is 2. The van der Waals surface area contributed by atoms with Gasteiger partial charge in [0.25, 0.3) is 0 Å². The van der Waals surface area contributed by atoms with Gasteiger partial charge in [0.05, 0.1) is 23.4 Å². The third kappa shape index (κ3) is 5.24. The topological polar surface area (TPSA) is 84.7 Å². The first-order valence-electron chi connectivity index (χ1n) is 12.9. The average Bonchev–Trinajstić information content (AvgIpc) is 3.29. The van der Waals surface area contributed by atoms with E-state index in [-0.39, 0.29) is 29.9 Å². The molecule has 2 aliphatic rings. The molecule has 194 valence electrons. The Morgan fingerprint density at radius 2 is 1.70 bits per heavy atom. The second-order valence-electron chi connectivity index (χ2n) is 10.3. The molecule has 8 heteroatoms. The molecule has 1 aliphatic heterocycles. The summed E-state index contributed by atoms with van der Waals surface area (Å²) in [6, 6.07) is 14.3. The molecule has 1 amide bonds. The van der Waals surface area contributed by atoms with E-state index in [1.54, 1.807) is 21.7 Å². The van der Waals surface area contributed by atoms with Crippen LogP contribution in [0.1, 0.15) is 62.6 Å². The molecule has 5 rings (SSSR count). The van der Waals surface area contributed by atoms with Crippen molar-refractivity contribution in [2.45, 2.75) is 57.5 Å². The highest BCUT2D eigenvalue weighted by atomic mass is 19.1. The van der Waals surface area contributed by atoms with E-state index in [0.29, 0.717) is 19.5 Å². The first kappa shape index (κ1) is 25.0. The van der Waals surface area contributed by atoms with Gasteiger partial charge in [0.2, 0.25) is 0 Å². The predicted octanol–water partition coefficient (Wildman–Crippen LogP) is 5.98. The zero-order valence-electron chi connectivity index (χ0n) is 21.1. The summed E-state index contributed by atoms with van der Waals surface area (Å²) in [5.41, 5.74) is 4.49. The van der Waals surface area contributed by atoms with Gasteiger partial charge >= 0.3 is 12.1 Å². The van der Waals surface area contributed by atoms with Crippen LogP contribution in [0.25, 0.3) is 16.8 Å². The first-order valence-corrected chi connectivity index (χ1v) is 12.9. The van der Waals surface area contributed by atoms with Crippen molar-refractivity contribution < 1.29 is 23.8 Å². The Balaban J connectivity index is 1.43. The third-order valence-electron chi connectivity index (χ3n) is 7.44. The van der Waals surface area contributed by atoms with E-state index in [1.807, 2.05) is 32.2 Å². The van der Waals surface area contributed by atoms with Gasteiger partial charge < -0.3 is 14.7 Å². The smallest absolute Gasteiger partial charge is 0.410 e. The molecule has 1 aromatic heterocycles. The molecule has 0 unspecified atom stereocenters. The lowest BCUT2D eigenvalue weighted by Crippen LogP contribution is -2.49. The number of likely N-dealkylation sites (tertiary alicyclic amines) is 1. The Hall–Kier alpha value is -3.68. The minimum Gasteiger partial charge on any atom is -0.481 e. The van der Waals surface area contributed by atoms with Crippen molar-refractivity contribution in [3.8, 4) is 16.8 Å². The largest absolute Gasteiger partial charge is 0.481 e. The number of halogens is 1. The standard InChI is InChI=1S/C29H32FN3O4/c1-18(2)37-29(36)32-15-21(16-32)19-7-9-20(10-8-19)26-17-33(23-13-11-22(30)12-14-23)31-27(26)24-5-3-4-6-25(24)28(34)35/h7-14,17-18,21,24-25H,3-6,15-16H2,1-2H3,(H,34,35)/t24-,25-/m1/s1. The van der Waals surface area contributed by atoms with Crippen molar-refractivity contribution in [3.05, 3.63) is 71.8 Å². The molecule has 2 fully saturated rings. The molecule has 1 saturated heterocycles. The molecule has 37 heavy (non-hydrogen) atoms. The molecule has 1 saturated carbocycles. The van der Waals surface area contributed by atoms with Gasteiger partial charge in [-0.05, 0) is 62.1 Å². The number of nitrogens with zero attached hydrogens (tertiary/aromatic N) is 3. The summed E-state index contributed by atoms with van der Waals surface area (Å²) in [7, 11) is 0. The van der Waals surface area contributed by atoms with Crippen LogP contribution in [-0.4, -0.2) is 51.0 Å². The minimum atomic E-state index is -0.784. The summed E-state index contributed by atoms with van der Waals surface area (Å²) in [4.78, 5) is 25.9. The quantitative estimate of drug-likeness (QED) is 0.445. The number of amides is 1. The second kappa shape index (κ2) is 10.4. The van der Waals surface area contributed by atoms with Crippen molar-refractivity contribution >= 4 is 12.1 Å². The molecular formula is C29H32FN3O4. The van der Waals surface area contributed by atoms with Crippen LogP contribution in [0.2, 0.25) is 0 Å². The van der Waals surface area contributed by atoms with Crippen LogP contribution in [0, 0.1) is 11.7 Å². The Morgan fingerprint density at radius 1 is 1.03 bits per heavy atom. The predicted molar refractivity (Wildman–Crippen MR) is 137 cm³/mol. The van der Waals surface area contributed by atoms with Crippen LogP contribution in [0.5, 0.6) is 0 Å². The van der Waals surface area contributed by atoms with E-state index in [0.717, 1.165) is 47.3 Å². The van der Waals surface area contributed by atoms with Gasteiger partial charge in [-0.15, -0.1) is 0 Å². The fourth-order valence-corrected chi connectivity index (χ4v) is 5.41. The molecule has 2 atom stereocenters. The van der Waals surface area contributed by atoms with Gasteiger partial charge in [-0.1, -0.05) is 37.1 Å². The number of carbonyl (C=O) groups excluding carboxylic acids is 1. The summed E-state index contributed by atoms with van der Waals surface area (Å²) >= 11 is 0. The second-order valence-corrected chi connectivity index (χ2v) is 10.3. The van der Waals surface area contributed by atoms with Gasteiger partial charge in [0.1, 0.15) is 5.82 Å². The fraction of sp³-hybridized carbons (Fsp3) is 0.414. The summed E-state index contributed by atoms with van der Waals surface area (Å²) in [5.74, 6) is -1.51. The highest BCUT2D eigenvalue weighted by Crippen LogP contribution is 2.42.